The van der Waals surface area contributed by atoms with Crippen LogP contribution in [0, 0.1) is 0 Å². The zero-order chi connectivity index (χ0) is 28.0. The number of benzene rings is 2. The number of nitrogens with zero attached hydrogens (tertiary/aromatic N) is 3. The molecule has 4 N–H and O–H groups in total. The molecule has 2 aliphatic heterocycles. The molecule has 0 saturated carbocycles. The van der Waals surface area contributed by atoms with Gasteiger partial charge in [-0.25, -0.2) is 9.78 Å². The number of anilines is 2. The molecule has 216 valence electrons. The number of H-pyrrole nitrogens is 1. The summed E-state index contributed by atoms with van der Waals surface area (Å²) in [5.74, 6) is 0.386. The summed E-state index contributed by atoms with van der Waals surface area (Å²) < 4.78 is 36.7. The van der Waals surface area contributed by atoms with Gasteiger partial charge in [-0.05, 0) is 69.3 Å². The fourth-order valence-electron chi connectivity index (χ4n) is 4.78. The first kappa shape index (κ1) is 28.1. The van der Waals surface area contributed by atoms with Crippen LogP contribution in [0.3, 0.4) is 0 Å². The molecule has 2 amide bonds. The second-order valence-electron chi connectivity index (χ2n) is 10.2. The minimum Gasteiger partial charge on any atom is -0.382 e. The highest BCUT2D eigenvalue weighted by atomic mass is 32.2. The van der Waals surface area contributed by atoms with Crippen LogP contribution in [0.2, 0.25) is 0 Å². The van der Waals surface area contributed by atoms with Gasteiger partial charge < -0.3 is 34.3 Å². The topological polar surface area (TPSA) is 141 Å². The van der Waals surface area contributed by atoms with Crippen molar-refractivity contribution in [1.29, 1.82) is 0 Å². The number of amides is 2. The number of aromatic nitrogens is 2. The highest BCUT2D eigenvalue weighted by Gasteiger charge is 2.19. The zero-order valence-electron chi connectivity index (χ0n) is 22.7. The normalized spacial score (nSPS) is 18.6. The molecule has 3 heterocycles. The molecule has 2 saturated heterocycles. The van der Waals surface area contributed by atoms with Crippen molar-refractivity contribution in [1.82, 2.24) is 25.1 Å². The number of hydrogen-bond acceptors (Lipinski definition) is 9. The van der Waals surface area contributed by atoms with Crippen LogP contribution >= 0.6 is 0 Å². The average molecular weight is 572 g/mol. The van der Waals surface area contributed by atoms with Crippen LogP contribution in [0.5, 0.6) is 5.75 Å². The Hall–Kier alpha value is -3.39. The molecule has 0 aliphatic carbocycles. The molecule has 2 aliphatic rings. The number of ether oxygens (including phenoxy) is 1. The summed E-state index contributed by atoms with van der Waals surface area (Å²) in [5, 5.41) is 8.81. The van der Waals surface area contributed by atoms with Gasteiger partial charge in [0.15, 0.2) is 0 Å². The van der Waals surface area contributed by atoms with E-state index in [0.717, 1.165) is 64.3 Å². The maximum atomic E-state index is 12.8. The third-order valence-corrected chi connectivity index (χ3v) is 8.39. The van der Waals surface area contributed by atoms with Crippen molar-refractivity contribution in [2.24, 2.45) is 0 Å². The lowest BCUT2D eigenvalue weighted by Crippen LogP contribution is -2.45. The lowest BCUT2D eigenvalue weighted by molar-refractivity contribution is 0.120. The van der Waals surface area contributed by atoms with Gasteiger partial charge in [0, 0.05) is 57.6 Å². The number of urea groups is 1. The molecule has 13 heteroatoms. The SMILES string of the molecule is CN1CCN(CCCNC(=O)Nc2nc3cc(OS(=O)(=O)c4ccc(NCC5CCCO5)cc4)ccc3[nH]2)CC1. The van der Waals surface area contributed by atoms with Crippen molar-refractivity contribution >= 4 is 38.8 Å². The summed E-state index contributed by atoms with van der Waals surface area (Å²) in [7, 11) is -1.91. The van der Waals surface area contributed by atoms with Crippen molar-refractivity contribution in [3.63, 3.8) is 0 Å². The molecule has 12 nitrogen and oxygen atoms in total. The van der Waals surface area contributed by atoms with Gasteiger partial charge in [-0.15, -0.1) is 0 Å². The smallest absolute Gasteiger partial charge is 0.339 e. The third kappa shape index (κ3) is 7.62. The molecule has 40 heavy (non-hydrogen) atoms. The maximum absolute atomic E-state index is 12.8. The van der Waals surface area contributed by atoms with Crippen LogP contribution in [-0.2, 0) is 14.9 Å². The lowest BCUT2D eigenvalue weighted by Gasteiger charge is -2.32. The molecule has 0 spiro atoms. The van der Waals surface area contributed by atoms with E-state index >= 15 is 0 Å². The van der Waals surface area contributed by atoms with Gasteiger partial charge in [0.1, 0.15) is 10.6 Å². The monoisotopic (exact) mass is 571 g/mol. The van der Waals surface area contributed by atoms with E-state index < -0.39 is 10.1 Å². The number of imidazole rings is 1. The van der Waals surface area contributed by atoms with E-state index in [9.17, 15) is 13.2 Å². The number of likely N-dealkylation sites (N-methyl/N-ethyl adjacent to an activating group) is 1. The average Bonchev–Trinajstić information content (AvgIpc) is 3.60. The quantitative estimate of drug-likeness (QED) is 0.202. The Morgan fingerprint density at radius 1 is 1.15 bits per heavy atom. The van der Waals surface area contributed by atoms with Gasteiger partial charge in [-0.1, -0.05) is 0 Å². The van der Waals surface area contributed by atoms with Crippen LogP contribution < -0.4 is 20.1 Å². The fraction of sp³-hybridized carbons (Fsp3) is 0.481. The predicted octanol–water partition coefficient (Wildman–Crippen LogP) is 2.68. The molecule has 5 rings (SSSR count). The summed E-state index contributed by atoms with van der Waals surface area (Å²) in [6.45, 7) is 7.21. The minimum absolute atomic E-state index is 0.0453. The number of carbonyl (C=O) groups is 1. The number of rotatable bonds is 11. The number of piperazine rings is 1. The summed E-state index contributed by atoms with van der Waals surface area (Å²) in [6, 6.07) is 10.8. The standard InChI is InChI=1S/C27H37N7O5S/c1-33-13-15-34(16-14-33)12-3-11-28-27(35)32-26-30-24-10-7-21(18-25(24)31-26)39-40(36,37)23-8-5-20(6-9-23)29-19-22-4-2-17-38-22/h5-10,18,22,29H,2-4,11-17,19H2,1H3,(H3,28,30,31,32,35). The lowest BCUT2D eigenvalue weighted by atomic mass is 10.2. The highest BCUT2D eigenvalue weighted by Crippen LogP contribution is 2.25. The zero-order valence-corrected chi connectivity index (χ0v) is 23.5. The van der Waals surface area contributed by atoms with Gasteiger partial charge in [-0.3, -0.25) is 5.32 Å². The second-order valence-corrected chi connectivity index (χ2v) is 11.8. The summed E-state index contributed by atoms with van der Waals surface area (Å²) in [4.78, 5) is 24.4. The Kier molecular flexibility index (Phi) is 9.04. The van der Waals surface area contributed by atoms with Gasteiger partial charge in [0.05, 0.1) is 17.1 Å². The van der Waals surface area contributed by atoms with E-state index in [0.29, 0.717) is 24.1 Å². The van der Waals surface area contributed by atoms with E-state index in [4.69, 9.17) is 8.92 Å². The van der Waals surface area contributed by atoms with Crippen molar-refractivity contribution in [3.8, 4) is 5.75 Å². The minimum atomic E-state index is -4.04. The number of aromatic amines is 1. The van der Waals surface area contributed by atoms with Crippen LogP contribution in [0.15, 0.2) is 47.4 Å². The second kappa shape index (κ2) is 12.9. The van der Waals surface area contributed by atoms with Crippen LogP contribution in [0.4, 0.5) is 16.4 Å². The van der Waals surface area contributed by atoms with Gasteiger partial charge >= 0.3 is 16.1 Å². The first-order valence-electron chi connectivity index (χ1n) is 13.7. The van der Waals surface area contributed by atoms with Gasteiger partial charge in [0.2, 0.25) is 5.95 Å². The van der Waals surface area contributed by atoms with E-state index in [1.165, 1.54) is 24.3 Å². The molecule has 1 unspecified atom stereocenters. The maximum Gasteiger partial charge on any atom is 0.339 e. The van der Waals surface area contributed by atoms with E-state index in [-0.39, 0.29) is 28.7 Å². The van der Waals surface area contributed by atoms with Crippen LogP contribution in [0.1, 0.15) is 19.3 Å². The van der Waals surface area contributed by atoms with Crippen molar-refractivity contribution < 1.29 is 22.1 Å². The third-order valence-electron chi connectivity index (χ3n) is 7.13. The predicted molar refractivity (Wildman–Crippen MR) is 153 cm³/mol. The Bertz CT molecular complexity index is 1380. The summed E-state index contributed by atoms with van der Waals surface area (Å²) in [6.07, 6.45) is 3.14. The summed E-state index contributed by atoms with van der Waals surface area (Å²) in [5.41, 5.74) is 1.91. The highest BCUT2D eigenvalue weighted by molar-refractivity contribution is 7.87. The van der Waals surface area contributed by atoms with Crippen molar-refractivity contribution in [3.05, 3.63) is 42.5 Å². The Morgan fingerprint density at radius 3 is 2.70 bits per heavy atom. The van der Waals surface area contributed by atoms with E-state index in [1.807, 2.05) is 0 Å². The molecular weight excluding hydrogens is 534 g/mol. The van der Waals surface area contributed by atoms with E-state index in [1.54, 1.807) is 18.2 Å². The molecule has 0 radical (unpaired) electrons. The number of nitrogens with one attached hydrogen (secondary N) is 4. The fourth-order valence-corrected chi connectivity index (χ4v) is 5.70. The van der Waals surface area contributed by atoms with Gasteiger partial charge in [0.25, 0.3) is 0 Å². The Balaban J connectivity index is 1.10. The van der Waals surface area contributed by atoms with E-state index in [2.05, 4.69) is 42.8 Å². The first-order valence-corrected chi connectivity index (χ1v) is 15.1. The molecule has 2 fully saturated rings. The number of hydrogen-bond donors (Lipinski definition) is 4. The largest absolute Gasteiger partial charge is 0.382 e. The molecule has 2 aromatic carbocycles. The molecule has 3 aromatic rings. The van der Waals surface area contributed by atoms with Crippen LogP contribution in [0.25, 0.3) is 11.0 Å². The van der Waals surface area contributed by atoms with Gasteiger partial charge in [-0.2, -0.15) is 8.42 Å². The number of fused-ring (bicyclic) bond motifs is 1. The molecule has 0 bridgehead atoms. The molecule has 1 atom stereocenters. The number of carbonyl (C=O) groups excluding carboxylic acids is 1. The summed E-state index contributed by atoms with van der Waals surface area (Å²) >= 11 is 0. The van der Waals surface area contributed by atoms with Crippen LogP contribution in [-0.4, -0.2) is 99.8 Å². The van der Waals surface area contributed by atoms with Crippen molar-refractivity contribution in [2.45, 2.75) is 30.3 Å². The Morgan fingerprint density at radius 2 is 1.95 bits per heavy atom. The molecular formula is C27H37N7O5S. The first-order chi connectivity index (χ1) is 19.3. The Labute approximate surface area is 234 Å². The van der Waals surface area contributed by atoms with Crippen molar-refractivity contribution in [2.75, 3.05) is 70.1 Å². The molecule has 1 aromatic heterocycles.